The molecule has 0 unspecified atom stereocenters. The van der Waals surface area contributed by atoms with Gasteiger partial charge in [0.05, 0.1) is 11.5 Å². The van der Waals surface area contributed by atoms with Crippen LogP contribution in [0.4, 0.5) is 4.79 Å². The summed E-state index contributed by atoms with van der Waals surface area (Å²) in [7, 11) is 0. The summed E-state index contributed by atoms with van der Waals surface area (Å²) in [5.41, 5.74) is 0.540. The van der Waals surface area contributed by atoms with Gasteiger partial charge in [-0.25, -0.2) is 9.59 Å². The Bertz CT molecular complexity index is 1280. The lowest BCUT2D eigenvalue weighted by Crippen LogP contribution is -2.58. The molecule has 2 aromatic carbocycles. The number of likely N-dealkylation sites (tertiary alicyclic amines) is 1. The quantitative estimate of drug-likeness (QED) is 0.289. The van der Waals surface area contributed by atoms with Crippen LogP contribution in [-0.4, -0.2) is 65.7 Å². The molecule has 1 saturated heterocycles. The smallest absolute Gasteiger partial charge is 0.407 e. The maximum absolute atomic E-state index is 13.8. The van der Waals surface area contributed by atoms with E-state index in [1.807, 2.05) is 51.1 Å². The molecular weight excluding hydrogens is 574 g/mol. The standard InChI is InChI=1S/C35H47N3O7/c1-35(2,3)30(32(40)38-19-17-29(18-20-38)45-28-15-13-26(14-16-28)33(41)42)37-31(39)27(21-24-9-7-8-10-24)22-36-34(43)44-23-25-11-5-4-6-12-25/h4-6,11-16,24,27,29-30H,7-10,17-23H2,1-3H3,(H,36,43)(H,37,39)(H,41,42)/t27-,30-/m1/s1. The summed E-state index contributed by atoms with van der Waals surface area (Å²) in [6.45, 7) is 7.08. The fourth-order valence-corrected chi connectivity index (χ4v) is 6.07. The van der Waals surface area contributed by atoms with Crippen molar-refractivity contribution in [3.8, 4) is 5.75 Å². The monoisotopic (exact) mass is 621 g/mol. The number of nitrogens with one attached hydrogen (secondary N) is 2. The molecule has 10 nitrogen and oxygen atoms in total. The number of rotatable bonds is 12. The Morgan fingerprint density at radius 1 is 0.933 bits per heavy atom. The van der Waals surface area contributed by atoms with Crippen molar-refractivity contribution in [3.05, 3.63) is 65.7 Å². The van der Waals surface area contributed by atoms with Gasteiger partial charge < -0.3 is 30.1 Å². The number of carbonyl (C=O) groups is 4. The molecule has 2 aliphatic rings. The summed E-state index contributed by atoms with van der Waals surface area (Å²) >= 11 is 0. The van der Waals surface area contributed by atoms with E-state index >= 15 is 0 Å². The summed E-state index contributed by atoms with van der Waals surface area (Å²) in [5, 5.41) is 15.0. The van der Waals surface area contributed by atoms with Crippen LogP contribution >= 0.6 is 0 Å². The van der Waals surface area contributed by atoms with Crippen molar-refractivity contribution in [2.45, 2.75) is 84.5 Å². The van der Waals surface area contributed by atoms with E-state index in [9.17, 15) is 19.2 Å². The summed E-state index contributed by atoms with van der Waals surface area (Å²) in [5.74, 6) is -0.837. The van der Waals surface area contributed by atoms with Crippen LogP contribution in [0.3, 0.4) is 0 Å². The zero-order valence-electron chi connectivity index (χ0n) is 26.6. The minimum atomic E-state index is -0.990. The van der Waals surface area contributed by atoms with Gasteiger partial charge in [-0.05, 0) is 47.6 Å². The second-order valence-corrected chi connectivity index (χ2v) is 13.3. The molecule has 2 aromatic rings. The van der Waals surface area contributed by atoms with Crippen LogP contribution in [0.1, 0.15) is 81.6 Å². The van der Waals surface area contributed by atoms with E-state index in [0.717, 1.165) is 31.2 Å². The van der Waals surface area contributed by atoms with E-state index in [1.165, 1.54) is 12.1 Å². The maximum atomic E-state index is 13.8. The van der Waals surface area contributed by atoms with Crippen molar-refractivity contribution in [2.75, 3.05) is 19.6 Å². The zero-order valence-corrected chi connectivity index (χ0v) is 26.6. The Hall–Kier alpha value is -4.08. The van der Waals surface area contributed by atoms with Crippen molar-refractivity contribution in [2.24, 2.45) is 17.3 Å². The third-order valence-electron chi connectivity index (χ3n) is 8.73. The summed E-state index contributed by atoms with van der Waals surface area (Å²) in [6, 6.07) is 15.0. The first-order valence-electron chi connectivity index (χ1n) is 16.0. The van der Waals surface area contributed by atoms with E-state index in [-0.39, 0.29) is 36.6 Å². The fraction of sp³-hybridized carbons (Fsp3) is 0.543. The SMILES string of the molecule is CC(C)(C)[C@H](NC(=O)[C@@H](CNC(=O)OCc1ccccc1)CC1CCCC1)C(=O)N1CCC(Oc2ccc(C(=O)O)cc2)CC1. The molecule has 1 saturated carbocycles. The maximum Gasteiger partial charge on any atom is 0.407 e. The third kappa shape index (κ3) is 10.2. The second kappa shape index (κ2) is 15.8. The minimum Gasteiger partial charge on any atom is -0.490 e. The molecule has 0 bridgehead atoms. The molecule has 0 spiro atoms. The van der Waals surface area contributed by atoms with Crippen LogP contribution in [0.25, 0.3) is 0 Å². The molecule has 0 aromatic heterocycles. The van der Waals surface area contributed by atoms with Crippen molar-refractivity contribution in [3.63, 3.8) is 0 Å². The lowest BCUT2D eigenvalue weighted by Gasteiger charge is -2.39. The van der Waals surface area contributed by atoms with Crippen LogP contribution in [-0.2, 0) is 20.9 Å². The lowest BCUT2D eigenvalue weighted by molar-refractivity contribution is -0.142. The number of piperidine rings is 1. The van der Waals surface area contributed by atoms with E-state index in [0.29, 0.717) is 44.0 Å². The molecule has 2 atom stereocenters. The van der Waals surface area contributed by atoms with Crippen molar-refractivity contribution in [1.29, 1.82) is 0 Å². The summed E-state index contributed by atoms with van der Waals surface area (Å²) in [6.07, 6.45) is 5.61. The summed E-state index contributed by atoms with van der Waals surface area (Å²) in [4.78, 5) is 53.0. The highest BCUT2D eigenvalue weighted by molar-refractivity contribution is 5.89. The van der Waals surface area contributed by atoms with Crippen molar-refractivity contribution < 1.29 is 33.8 Å². The number of ether oxygens (including phenoxy) is 2. The molecule has 1 heterocycles. The molecule has 3 amide bonds. The number of hydrogen-bond donors (Lipinski definition) is 3. The van der Waals surface area contributed by atoms with Crippen LogP contribution in [0, 0.1) is 17.3 Å². The molecular formula is C35H47N3O7. The van der Waals surface area contributed by atoms with Gasteiger partial charge in [0.15, 0.2) is 0 Å². The Labute approximate surface area is 265 Å². The number of carboxylic acid groups (broad SMARTS) is 1. The first kappa shape index (κ1) is 33.8. The molecule has 1 aliphatic heterocycles. The third-order valence-corrected chi connectivity index (χ3v) is 8.73. The Morgan fingerprint density at radius 2 is 1.58 bits per heavy atom. The topological polar surface area (TPSA) is 134 Å². The molecule has 244 valence electrons. The molecule has 45 heavy (non-hydrogen) atoms. The first-order chi connectivity index (χ1) is 21.5. The van der Waals surface area contributed by atoms with E-state index in [2.05, 4.69) is 10.6 Å². The van der Waals surface area contributed by atoms with Gasteiger partial charge >= 0.3 is 12.1 Å². The Morgan fingerprint density at radius 3 is 2.18 bits per heavy atom. The highest BCUT2D eigenvalue weighted by Gasteiger charge is 2.39. The van der Waals surface area contributed by atoms with Gasteiger partial charge in [-0.2, -0.15) is 0 Å². The molecule has 0 radical (unpaired) electrons. The highest BCUT2D eigenvalue weighted by Crippen LogP contribution is 2.31. The molecule has 10 heteroatoms. The van der Waals surface area contributed by atoms with Gasteiger partial charge in [0, 0.05) is 32.5 Å². The average molecular weight is 622 g/mol. The van der Waals surface area contributed by atoms with Gasteiger partial charge in [-0.15, -0.1) is 0 Å². The average Bonchev–Trinajstić information content (AvgIpc) is 3.54. The number of amides is 3. The number of carbonyl (C=O) groups excluding carboxylic acids is 3. The van der Waals surface area contributed by atoms with Gasteiger partial charge in [-0.3, -0.25) is 9.59 Å². The van der Waals surface area contributed by atoms with E-state index in [1.54, 1.807) is 17.0 Å². The van der Waals surface area contributed by atoms with E-state index in [4.69, 9.17) is 14.6 Å². The summed E-state index contributed by atoms with van der Waals surface area (Å²) < 4.78 is 11.4. The Balaban J connectivity index is 1.33. The van der Waals surface area contributed by atoms with E-state index < -0.39 is 29.4 Å². The van der Waals surface area contributed by atoms with Crippen molar-refractivity contribution in [1.82, 2.24) is 15.5 Å². The van der Waals surface area contributed by atoms with Gasteiger partial charge in [0.2, 0.25) is 11.8 Å². The van der Waals surface area contributed by atoms with Crippen LogP contribution in [0.15, 0.2) is 54.6 Å². The van der Waals surface area contributed by atoms with Gasteiger partial charge in [0.25, 0.3) is 0 Å². The first-order valence-corrected chi connectivity index (χ1v) is 16.0. The van der Waals surface area contributed by atoms with Crippen LogP contribution in [0.2, 0.25) is 0 Å². The molecule has 3 N–H and O–H groups in total. The van der Waals surface area contributed by atoms with Crippen LogP contribution in [0.5, 0.6) is 5.75 Å². The predicted molar refractivity (Wildman–Crippen MR) is 170 cm³/mol. The van der Waals surface area contributed by atoms with Gasteiger partial charge in [-0.1, -0.05) is 76.8 Å². The van der Waals surface area contributed by atoms with Gasteiger partial charge in [0.1, 0.15) is 24.5 Å². The number of benzene rings is 2. The molecule has 2 fully saturated rings. The molecule has 1 aliphatic carbocycles. The number of alkyl carbamates (subject to hydrolysis) is 1. The minimum absolute atomic E-state index is 0.101. The van der Waals surface area contributed by atoms with Crippen molar-refractivity contribution >= 4 is 23.9 Å². The highest BCUT2D eigenvalue weighted by atomic mass is 16.5. The number of hydrogen-bond acceptors (Lipinski definition) is 6. The Kier molecular flexibility index (Phi) is 11.8. The number of aromatic carboxylic acids is 1. The molecule has 4 rings (SSSR count). The zero-order chi connectivity index (χ0) is 32.4. The lowest BCUT2D eigenvalue weighted by atomic mass is 9.84. The predicted octanol–water partition coefficient (Wildman–Crippen LogP) is 5.41. The number of nitrogens with zero attached hydrogens (tertiary/aromatic N) is 1. The van der Waals surface area contributed by atoms with Crippen LogP contribution < -0.4 is 15.4 Å². The number of carboxylic acids is 1. The second-order valence-electron chi connectivity index (χ2n) is 13.3. The fourth-order valence-electron chi connectivity index (χ4n) is 6.07. The largest absolute Gasteiger partial charge is 0.490 e. The normalized spacial score (nSPS) is 17.3.